The van der Waals surface area contributed by atoms with Gasteiger partial charge >= 0.3 is 0 Å². The molecule has 3 aromatic rings. The van der Waals surface area contributed by atoms with Crippen LogP contribution in [-0.2, 0) is 11.4 Å². The monoisotopic (exact) mass is 335 g/mol. The molecule has 0 aliphatic rings. The zero-order chi connectivity index (χ0) is 17.5. The summed E-state index contributed by atoms with van der Waals surface area (Å²) in [4.78, 5) is 5.48. The van der Waals surface area contributed by atoms with Gasteiger partial charge in [0.1, 0.15) is 6.61 Å². The zero-order valence-electron chi connectivity index (χ0n) is 14.4. The molecule has 0 spiro atoms. The first-order chi connectivity index (χ1) is 12.3. The Hall–Kier alpha value is -3.01. The number of benzene rings is 3. The van der Waals surface area contributed by atoms with Crippen LogP contribution in [0.3, 0.4) is 0 Å². The van der Waals surface area contributed by atoms with Crippen molar-refractivity contribution in [3.8, 4) is 11.5 Å². The van der Waals surface area contributed by atoms with Gasteiger partial charge in [-0.25, -0.2) is 0 Å². The molecule has 3 rings (SSSR count). The molecule has 25 heavy (non-hydrogen) atoms. The Kier molecular flexibility index (Phi) is 5.52. The van der Waals surface area contributed by atoms with Gasteiger partial charge in [-0.3, -0.25) is 0 Å². The van der Waals surface area contributed by atoms with Crippen molar-refractivity contribution in [1.82, 2.24) is 0 Å². The van der Waals surface area contributed by atoms with E-state index >= 15 is 0 Å². The summed E-state index contributed by atoms with van der Waals surface area (Å²) in [6, 6.07) is 20.1. The molecular formula is C21H21NO3. The first-order valence-corrected chi connectivity index (χ1v) is 8.24. The van der Waals surface area contributed by atoms with Crippen LogP contribution in [0.2, 0.25) is 0 Å². The van der Waals surface area contributed by atoms with E-state index in [2.05, 4.69) is 29.4 Å². The average molecular weight is 335 g/mol. The molecular weight excluding hydrogens is 314 g/mol. The molecule has 0 aromatic heterocycles. The largest absolute Gasteiger partial charge is 0.493 e. The van der Waals surface area contributed by atoms with E-state index in [0.717, 1.165) is 16.9 Å². The van der Waals surface area contributed by atoms with Crippen molar-refractivity contribution in [2.45, 2.75) is 13.5 Å². The number of nitrogens with zero attached hydrogens (tertiary/aromatic N) is 1. The van der Waals surface area contributed by atoms with Gasteiger partial charge in [0.15, 0.2) is 11.5 Å². The van der Waals surface area contributed by atoms with E-state index in [1.54, 1.807) is 13.3 Å². The number of rotatable bonds is 7. The first-order valence-electron chi connectivity index (χ1n) is 8.24. The van der Waals surface area contributed by atoms with Gasteiger partial charge in [-0.2, -0.15) is 0 Å². The number of oxime groups is 1. The molecule has 0 heterocycles. The van der Waals surface area contributed by atoms with Crippen LogP contribution in [-0.4, -0.2) is 19.9 Å². The minimum atomic E-state index is 0.423. The highest BCUT2D eigenvalue weighted by Gasteiger charge is 2.04. The SMILES string of the molecule is CCOc1ccc(/C=N/OCc2cccc3ccccc23)cc1OC. The molecule has 0 amide bonds. The molecule has 128 valence electrons. The Labute approximate surface area is 147 Å². The van der Waals surface area contributed by atoms with Crippen molar-refractivity contribution < 1.29 is 14.3 Å². The molecule has 4 heteroatoms. The van der Waals surface area contributed by atoms with Gasteiger partial charge in [-0.15, -0.1) is 0 Å². The zero-order valence-corrected chi connectivity index (χ0v) is 14.4. The highest BCUT2D eigenvalue weighted by Crippen LogP contribution is 2.27. The van der Waals surface area contributed by atoms with Gasteiger partial charge < -0.3 is 14.3 Å². The van der Waals surface area contributed by atoms with Crippen LogP contribution in [0.1, 0.15) is 18.1 Å². The fourth-order valence-corrected chi connectivity index (χ4v) is 2.66. The second-order valence-electron chi connectivity index (χ2n) is 5.49. The van der Waals surface area contributed by atoms with Crippen molar-refractivity contribution >= 4 is 17.0 Å². The second kappa shape index (κ2) is 8.20. The highest BCUT2D eigenvalue weighted by molar-refractivity contribution is 5.85. The molecule has 0 bridgehead atoms. The van der Waals surface area contributed by atoms with Gasteiger partial charge in [-0.05, 0) is 41.5 Å². The summed E-state index contributed by atoms with van der Waals surface area (Å²) >= 11 is 0. The number of methoxy groups -OCH3 is 1. The molecule has 0 atom stereocenters. The molecule has 0 fully saturated rings. The maximum absolute atomic E-state index is 5.51. The molecule has 0 aliphatic heterocycles. The average Bonchev–Trinajstić information content (AvgIpc) is 2.66. The van der Waals surface area contributed by atoms with E-state index in [4.69, 9.17) is 14.3 Å². The number of hydrogen-bond acceptors (Lipinski definition) is 4. The van der Waals surface area contributed by atoms with Crippen LogP contribution in [0.4, 0.5) is 0 Å². The number of hydrogen-bond donors (Lipinski definition) is 0. The predicted molar refractivity (Wildman–Crippen MR) is 100 cm³/mol. The molecule has 3 aromatic carbocycles. The summed E-state index contributed by atoms with van der Waals surface area (Å²) in [6.45, 7) is 2.96. The fraction of sp³-hybridized carbons (Fsp3) is 0.190. The van der Waals surface area contributed by atoms with Gasteiger partial charge in [-0.1, -0.05) is 47.6 Å². The Morgan fingerprint density at radius 1 is 0.960 bits per heavy atom. The maximum Gasteiger partial charge on any atom is 0.161 e. The molecule has 0 saturated heterocycles. The van der Waals surface area contributed by atoms with E-state index in [0.29, 0.717) is 19.0 Å². The lowest BCUT2D eigenvalue weighted by Crippen LogP contribution is -1.96. The fourth-order valence-electron chi connectivity index (χ4n) is 2.66. The van der Waals surface area contributed by atoms with Crippen LogP contribution in [0.25, 0.3) is 10.8 Å². The first kappa shape index (κ1) is 16.8. The van der Waals surface area contributed by atoms with Crippen LogP contribution in [0.5, 0.6) is 11.5 Å². The van der Waals surface area contributed by atoms with E-state index in [1.165, 1.54) is 10.8 Å². The van der Waals surface area contributed by atoms with Crippen molar-refractivity contribution in [2.24, 2.45) is 5.16 Å². The molecule has 0 radical (unpaired) electrons. The van der Waals surface area contributed by atoms with Crippen molar-refractivity contribution in [3.63, 3.8) is 0 Å². The lowest BCUT2D eigenvalue weighted by Gasteiger charge is -2.09. The van der Waals surface area contributed by atoms with Gasteiger partial charge in [0, 0.05) is 5.56 Å². The highest BCUT2D eigenvalue weighted by atomic mass is 16.6. The number of ether oxygens (including phenoxy) is 2. The van der Waals surface area contributed by atoms with Crippen molar-refractivity contribution in [1.29, 1.82) is 0 Å². The summed E-state index contributed by atoms with van der Waals surface area (Å²) < 4.78 is 10.8. The Morgan fingerprint density at radius 3 is 2.64 bits per heavy atom. The molecule has 0 aliphatic carbocycles. The third kappa shape index (κ3) is 4.10. The third-order valence-corrected chi connectivity index (χ3v) is 3.86. The smallest absolute Gasteiger partial charge is 0.161 e. The Morgan fingerprint density at radius 2 is 1.80 bits per heavy atom. The van der Waals surface area contributed by atoms with Gasteiger partial charge in [0.05, 0.1) is 19.9 Å². The third-order valence-electron chi connectivity index (χ3n) is 3.86. The molecule has 0 saturated carbocycles. The van der Waals surface area contributed by atoms with Crippen LogP contribution >= 0.6 is 0 Å². The normalized spacial score (nSPS) is 11.0. The summed E-state index contributed by atoms with van der Waals surface area (Å²) in [5, 5.41) is 6.45. The minimum Gasteiger partial charge on any atom is -0.493 e. The Balaban J connectivity index is 1.67. The maximum atomic E-state index is 5.51. The summed E-state index contributed by atoms with van der Waals surface area (Å²) in [7, 11) is 1.62. The van der Waals surface area contributed by atoms with Crippen molar-refractivity contribution in [3.05, 3.63) is 71.8 Å². The summed E-state index contributed by atoms with van der Waals surface area (Å²) in [5.74, 6) is 1.40. The quantitative estimate of drug-likeness (QED) is 0.460. The predicted octanol–water partition coefficient (Wildman–Crippen LogP) is 4.80. The topological polar surface area (TPSA) is 40.0 Å². The molecule has 0 unspecified atom stereocenters. The van der Waals surface area contributed by atoms with Crippen LogP contribution in [0.15, 0.2) is 65.8 Å². The molecule has 0 N–H and O–H groups in total. The summed E-state index contributed by atoms with van der Waals surface area (Å²) in [6.07, 6.45) is 1.67. The van der Waals surface area contributed by atoms with Gasteiger partial charge in [0.2, 0.25) is 0 Å². The van der Waals surface area contributed by atoms with E-state index in [1.807, 2.05) is 43.3 Å². The molecule has 4 nitrogen and oxygen atoms in total. The van der Waals surface area contributed by atoms with E-state index in [9.17, 15) is 0 Å². The van der Waals surface area contributed by atoms with E-state index < -0.39 is 0 Å². The second-order valence-corrected chi connectivity index (χ2v) is 5.49. The van der Waals surface area contributed by atoms with Crippen molar-refractivity contribution in [2.75, 3.05) is 13.7 Å². The lowest BCUT2D eigenvalue weighted by atomic mass is 10.1. The van der Waals surface area contributed by atoms with Gasteiger partial charge in [0.25, 0.3) is 0 Å². The standard InChI is InChI=1S/C21H21NO3/c1-3-24-20-12-11-16(13-21(20)23-2)14-22-25-15-18-9-6-8-17-7-4-5-10-19(17)18/h4-14H,3,15H2,1-2H3/b22-14+. The van der Waals surface area contributed by atoms with Crippen LogP contribution in [0, 0.1) is 0 Å². The minimum absolute atomic E-state index is 0.423. The number of fused-ring (bicyclic) bond motifs is 1. The van der Waals surface area contributed by atoms with E-state index in [-0.39, 0.29) is 0 Å². The van der Waals surface area contributed by atoms with Crippen LogP contribution < -0.4 is 9.47 Å². The lowest BCUT2D eigenvalue weighted by molar-refractivity contribution is 0.133. The summed E-state index contributed by atoms with van der Waals surface area (Å²) in [5.41, 5.74) is 2.00. The Bertz CT molecular complexity index is 869.